The van der Waals surface area contributed by atoms with Crippen LogP contribution < -0.4 is 5.73 Å². The van der Waals surface area contributed by atoms with Crippen LogP contribution in [0.5, 0.6) is 0 Å². The smallest absolute Gasteiger partial charge is 0.0765 e. The lowest BCUT2D eigenvalue weighted by Gasteiger charge is -2.49. The topological polar surface area (TPSA) is 58.7 Å². The van der Waals surface area contributed by atoms with Gasteiger partial charge in [-0.2, -0.15) is 0 Å². The third-order valence-corrected chi connectivity index (χ3v) is 11.7. The lowest BCUT2D eigenvalue weighted by Crippen LogP contribution is -2.53. The van der Waals surface area contributed by atoms with Crippen LogP contribution in [0.25, 0.3) is 0 Å². The molecule has 4 heteroatoms. The minimum absolute atomic E-state index is 0.0156. The molecule has 1 spiro atoms. The van der Waals surface area contributed by atoms with Gasteiger partial charge in [0.25, 0.3) is 0 Å². The maximum Gasteiger partial charge on any atom is 0.0765 e. The molecule has 4 aliphatic carbocycles. The molecule has 4 fully saturated rings. The molecule has 2 heterocycles. The second kappa shape index (κ2) is 8.43. The molecular weight excluding hydrogens is 420 g/mol. The summed E-state index contributed by atoms with van der Waals surface area (Å²) in [5, 5.41) is 10.3. The van der Waals surface area contributed by atoms with E-state index in [1.165, 1.54) is 51.5 Å². The Morgan fingerprint density at radius 1 is 1.21 bits per heavy atom. The van der Waals surface area contributed by atoms with Crippen LogP contribution >= 0.6 is 0 Å². The number of fused-ring (bicyclic) bond motifs is 6. The van der Waals surface area contributed by atoms with Crippen molar-refractivity contribution in [3.63, 3.8) is 0 Å². The predicted molar refractivity (Wildman–Crippen MR) is 137 cm³/mol. The Balaban J connectivity index is 1.28. The zero-order chi connectivity index (χ0) is 23.8. The molecule has 2 aliphatic heterocycles. The lowest BCUT2D eigenvalue weighted by atomic mass is 9.56. The number of aliphatic hydroxyl groups is 1. The second-order valence-electron chi connectivity index (χ2n) is 13.5. The van der Waals surface area contributed by atoms with E-state index in [1.807, 2.05) is 0 Å². The van der Waals surface area contributed by atoms with E-state index in [-0.39, 0.29) is 11.7 Å². The third kappa shape index (κ3) is 3.45. The lowest BCUT2D eigenvalue weighted by molar-refractivity contribution is -0.0791. The maximum atomic E-state index is 10.3. The largest absolute Gasteiger partial charge is 0.389 e. The Kier molecular flexibility index (Phi) is 5.88. The molecule has 10 atom stereocenters. The normalized spacial score (nSPS) is 50.9. The van der Waals surface area contributed by atoms with Crippen LogP contribution in [0, 0.1) is 35.0 Å². The molecule has 0 bridgehead atoms. The SMILES string of the molecule is CC1=C2C[C@H]3C(CCC4=C[C@@H](O)CC[C@@]43C)[C@@H]2CC[C@@]2(C1)O[C@@H]1C[C@H](C)CN(CCN)[C@H]1[C@H]2C. The zero-order valence-corrected chi connectivity index (χ0v) is 22.1. The summed E-state index contributed by atoms with van der Waals surface area (Å²) in [7, 11) is 0. The van der Waals surface area contributed by atoms with E-state index >= 15 is 0 Å². The number of likely N-dealkylation sites (tertiary alicyclic amines) is 1. The summed E-state index contributed by atoms with van der Waals surface area (Å²) in [5.74, 6) is 3.62. The van der Waals surface area contributed by atoms with Crippen molar-refractivity contribution in [2.45, 2.75) is 109 Å². The van der Waals surface area contributed by atoms with Crippen molar-refractivity contribution < 1.29 is 9.84 Å². The Hall–Kier alpha value is -0.680. The van der Waals surface area contributed by atoms with Crippen LogP contribution in [0.4, 0.5) is 0 Å². The summed E-state index contributed by atoms with van der Waals surface area (Å²) >= 11 is 0. The molecule has 6 aliphatic rings. The number of nitrogens with two attached hydrogens (primary N) is 1. The number of hydrogen-bond donors (Lipinski definition) is 2. The molecule has 0 aromatic rings. The molecule has 6 rings (SSSR count). The van der Waals surface area contributed by atoms with Gasteiger partial charge in [0.05, 0.1) is 17.8 Å². The van der Waals surface area contributed by atoms with Crippen molar-refractivity contribution in [3.05, 3.63) is 22.8 Å². The van der Waals surface area contributed by atoms with Crippen molar-refractivity contribution in [1.82, 2.24) is 4.90 Å². The highest BCUT2D eigenvalue weighted by atomic mass is 16.5. The van der Waals surface area contributed by atoms with Gasteiger partial charge in [0.15, 0.2) is 0 Å². The Morgan fingerprint density at radius 2 is 2.03 bits per heavy atom. The van der Waals surface area contributed by atoms with Crippen LogP contribution in [-0.4, -0.2) is 53.5 Å². The Bertz CT molecular complexity index is 881. The van der Waals surface area contributed by atoms with Crippen molar-refractivity contribution in [2.75, 3.05) is 19.6 Å². The van der Waals surface area contributed by atoms with Crippen molar-refractivity contribution >= 4 is 0 Å². The van der Waals surface area contributed by atoms with Crippen molar-refractivity contribution in [1.29, 1.82) is 0 Å². The summed E-state index contributed by atoms with van der Waals surface area (Å²) in [6, 6.07) is 0.540. The Labute approximate surface area is 207 Å². The first-order chi connectivity index (χ1) is 16.3. The van der Waals surface area contributed by atoms with Crippen LogP contribution in [-0.2, 0) is 4.74 Å². The first-order valence-corrected chi connectivity index (χ1v) is 14.5. The minimum Gasteiger partial charge on any atom is -0.389 e. The summed E-state index contributed by atoms with van der Waals surface area (Å²) in [5.41, 5.74) is 11.4. The first-order valence-electron chi connectivity index (χ1n) is 14.5. The van der Waals surface area contributed by atoms with Gasteiger partial charge in [-0.3, -0.25) is 4.90 Å². The van der Waals surface area contributed by atoms with Gasteiger partial charge in [0.1, 0.15) is 0 Å². The van der Waals surface area contributed by atoms with E-state index in [4.69, 9.17) is 10.5 Å². The van der Waals surface area contributed by atoms with E-state index in [0.29, 0.717) is 29.4 Å². The quantitative estimate of drug-likeness (QED) is 0.556. The minimum atomic E-state index is -0.210. The number of ether oxygens (including phenoxy) is 1. The monoisotopic (exact) mass is 468 g/mol. The van der Waals surface area contributed by atoms with Gasteiger partial charge in [0, 0.05) is 31.6 Å². The fourth-order valence-electron chi connectivity index (χ4n) is 10.1. The van der Waals surface area contributed by atoms with E-state index in [2.05, 4.69) is 38.7 Å². The number of allylic oxidation sites excluding steroid dienone is 2. The molecular formula is C30H48N2O2. The fraction of sp³-hybridized carbons (Fsp3) is 0.867. The molecule has 4 nitrogen and oxygen atoms in total. The summed E-state index contributed by atoms with van der Waals surface area (Å²) in [6.45, 7) is 12.8. The molecule has 1 unspecified atom stereocenters. The van der Waals surface area contributed by atoms with Gasteiger partial charge in [-0.05, 0) is 93.8 Å². The van der Waals surface area contributed by atoms with Crippen molar-refractivity contribution in [2.24, 2.45) is 40.7 Å². The zero-order valence-electron chi connectivity index (χ0n) is 22.1. The number of piperidine rings is 1. The fourth-order valence-corrected chi connectivity index (χ4v) is 10.1. The van der Waals surface area contributed by atoms with Crippen LogP contribution in [0.1, 0.15) is 85.5 Å². The van der Waals surface area contributed by atoms with Gasteiger partial charge in [-0.1, -0.05) is 43.6 Å². The average Bonchev–Trinajstić information content (AvgIpc) is 3.25. The number of hydrogen-bond acceptors (Lipinski definition) is 4. The molecule has 2 saturated heterocycles. The van der Waals surface area contributed by atoms with E-state index < -0.39 is 0 Å². The van der Waals surface area contributed by atoms with E-state index in [0.717, 1.165) is 43.7 Å². The van der Waals surface area contributed by atoms with Crippen LogP contribution in [0.2, 0.25) is 0 Å². The molecule has 0 aromatic heterocycles. The van der Waals surface area contributed by atoms with E-state index in [9.17, 15) is 5.11 Å². The number of aliphatic hydroxyl groups excluding tert-OH is 1. The Morgan fingerprint density at radius 3 is 2.82 bits per heavy atom. The molecule has 0 aromatic carbocycles. The summed E-state index contributed by atoms with van der Waals surface area (Å²) in [4.78, 5) is 2.68. The molecule has 190 valence electrons. The van der Waals surface area contributed by atoms with Gasteiger partial charge < -0.3 is 15.6 Å². The summed E-state index contributed by atoms with van der Waals surface area (Å²) in [6.07, 6.45) is 13.2. The highest BCUT2D eigenvalue weighted by Gasteiger charge is 2.59. The predicted octanol–water partition coefficient (Wildman–Crippen LogP) is 5.06. The highest BCUT2D eigenvalue weighted by molar-refractivity contribution is 5.33. The average molecular weight is 469 g/mol. The van der Waals surface area contributed by atoms with Gasteiger partial charge in [-0.25, -0.2) is 0 Å². The number of nitrogens with zero attached hydrogens (tertiary/aromatic N) is 1. The van der Waals surface area contributed by atoms with E-state index in [1.54, 1.807) is 16.7 Å². The molecule has 34 heavy (non-hydrogen) atoms. The number of rotatable bonds is 2. The van der Waals surface area contributed by atoms with Gasteiger partial charge in [0.2, 0.25) is 0 Å². The third-order valence-electron chi connectivity index (χ3n) is 11.7. The van der Waals surface area contributed by atoms with Crippen LogP contribution in [0.15, 0.2) is 22.8 Å². The molecule has 0 radical (unpaired) electrons. The van der Waals surface area contributed by atoms with Gasteiger partial charge >= 0.3 is 0 Å². The molecule has 2 saturated carbocycles. The standard InChI is InChI=1S/C30H48N2O2/c1-18-13-27-28(32(17-18)12-11-31)20(3)30(34-27)10-8-23-24-6-5-21-14-22(33)7-9-29(21,4)26(24)15-25(23)19(2)16-30/h14,18,20,22-24,26-28,33H,5-13,15-17,31H2,1-4H3/t18-,20+,22-,23-,24?,26-,27+,28-,29-,30-/m0/s1. The maximum absolute atomic E-state index is 10.3. The van der Waals surface area contributed by atoms with Crippen LogP contribution in [0.3, 0.4) is 0 Å². The molecule has 3 N–H and O–H groups in total. The highest BCUT2D eigenvalue weighted by Crippen LogP contribution is 2.64. The first kappa shape index (κ1) is 23.7. The van der Waals surface area contributed by atoms with Crippen molar-refractivity contribution in [3.8, 4) is 0 Å². The molecule has 0 amide bonds. The second-order valence-corrected chi connectivity index (χ2v) is 13.5. The summed E-state index contributed by atoms with van der Waals surface area (Å²) < 4.78 is 7.17. The van der Waals surface area contributed by atoms with Gasteiger partial charge in [-0.15, -0.1) is 0 Å².